The molecule has 0 spiro atoms. The molecule has 0 atom stereocenters. The molecule has 0 N–H and O–H groups in total. The maximum absolute atomic E-state index is 11.1. The van der Waals surface area contributed by atoms with Crippen molar-refractivity contribution in [3.05, 3.63) is 47.9 Å². The van der Waals surface area contributed by atoms with E-state index in [0.717, 1.165) is 11.3 Å². The number of hydrogen-bond donors (Lipinski definition) is 0. The van der Waals surface area contributed by atoms with Crippen LogP contribution in [-0.4, -0.2) is 23.0 Å². The van der Waals surface area contributed by atoms with Crippen molar-refractivity contribution >= 4 is 5.97 Å². The topological polar surface area (TPSA) is 52.1 Å². The Morgan fingerprint density at radius 3 is 2.89 bits per heavy atom. The summed E-state index contributed by atoms with van der Waals surface area (Å²) in [5, 5.41) is 0. The van der Waals surface area contributed by atoms with Crippen LogP contribution in [0.5, 0.6) is 0 Å². The Bertz CT molecular complexity index is 582. The number of carbonyl (C=O) groups is 1. The number of nitrogens with zero attached hydrogens (tertiary/aromatic N) is 2. The Balaban J connectivity index is 2.17. The molecule has 0 bridgehead atoms. The molecule has 0 unspecified atom stereocenters. The zero-order valence-corrected chi connectivity index (χ0v) is 11.1. The van der Waals surface area contributed by atoms with Gasteiger partial charge >= 0.3 is 5.97 Å². The van der Waals surface area contributed by atoms with Crippen LogP contribution >= 0.6 is 0 Å². The molecule has 0 aliphatic heterocycles. The zero-order valence-electron chi connectivity index (χ0n) is 11.1. The van der Waals surface area contributed by atoms with Crippen LogP contribution in [0.1, 0.15) is 17.8 Å². The van der Waals surface area contributed by atoms with E-state index in [-0.39, 0.29) is 5.97 Å². The van der Waals surface area contributed by atoms with E-state index in [1.54, 1.807) is 6.20 Å². The molecule has 1 heterocycles. The molecule has 0 saturated heterocycles. The second kappa shape index (κ2) is 6.09. The number of benzene rings is 1. The summed E-state index contributed by atoms with van der Waals surface area (Å²) in [4.78, 5) is 19.8. The van der Waals surface area contributed by atoms with Gasteiger partial charge in [0.2, 0.25) is 0 Å². The number of aryl methyl sites for hydroxylation is 2. The normalized spacial score (nSPS) is 10.2. The lowest BCUT2D eigenvalue weighted by molar-refractivity contribution is -0.140. The monoisotopic (exact) mass is 256 g/mol. The maximum atomic E-state index is 11.1. The fourth-order valence-electron chi connectivity index (χ4n) is 1.80. The number of methoxy groups -OCH3 is 1. The van der Waals surface area contributed by atoms with Gasteiger partial charge in [0.1, 0.15) is 5.82 Å². The Morgan fingerprint density at radius 2 is 2.16 bits per heavy atom. The summed E-state index contributed by atoms with van der Waals surface area (Å²) in [6, 6.07) is 10.0. The molecule has 2 rings (SSSR count). The second-order valence-corrected chi connectivity index (χ2v) is 4.30. The van der Waals surface area contributed by atoms with Gasteiger partial charge in [-0.1, -0.05) is 23.8 Å². The van der Waals surface area contributed by atoms with E-state index in [0.29, 0.717) is 18.7 Å². The lowest BCUT2D eigenvalue weighted by Gasteiger charge is -2.04. The van der Waals surface area contributed by atoms with Crippen LogP contribution in [0.3, 0.4) is 0 Å². The van der Waals surface area contributed by atoms with Crippen LogP contribution in [0, 0.1) is 6.92 Å². The van der Waals surface area contributed by atoms with Crippen molar-refractivity contribution < 1.29 is 9.53 Å². The lowest BCUT2D eigenvalue weighted by atomic mass is 10.1. The van der Waals surface area contributed by atoms with E-state index in [4.69, 9.17) is 0 Å². The smallest absolute Gasteiger partial charge is 0.305 e. The molecule has 19 heavy (non-hydrogen) atoms. The van der Waals surface area contributed by atoms with E-state index >= 15 is 0 Å². The molecule has 2 aromatic rings. The average molecular weight is 256 g/mol. The largest absolute Gasteiger partial charge is 0.469 e. The summed E-state index contributed by atoms with van der Waals surface area (Å²) in [6.07, 6.45) is 2.51. The fraction of sp³-hybridized carbons (Fsp3) is 0.267. The first-order chi connectivity index (χ1) is 9.19. The van der Waals surface area contributed by atoms with E-state index in [1.807, 2.05) is 31.2 Å². The highest BCUT2D eigenvalue weighted by Gasteiger charge is 2.06. The first-order valence-electron chi connectivity index (χ1n) is 6.15. The summed E-state index contributed by atoms with van der Waals surface area (Å²) >= 11 is 0. The Morgan fingerprint density at radius 1 is 1.32 bits per heavy atom. The quantitative estimate of drug-likeness (QED) is 0.789. The third kappa shape index (κ3) is 3.61. The molecule has 0 saturated carbocycles. The number of hydrogen-bond acceptors (Lipinski definition) is 4. The lowest BCUT2D eigenvalue weighted by Crippen LogP contribution is -2.04. The van der Waals surface area contributed by atoms with Gasteiger partial charge in [0, 0.05) is 18.2 Å². The minimum absolute atomic E-state index is 0.246. The molecule has 0 aliphatic carbocycles. The van der Waals surface area contributed by atoms with Crippen molar-refractivity contribution in [2.45, 2.75) is 19.8 Å². The molecule has 0 radical (unpaired) electrons. The molecule has 0 aliphatic rings. The zero-order chi connectivity index (χ0) is 13.7. The van der Waals surface area contributed by atoms with Crippen LogP contribution in [-0.2, 0) is 16.0 Å². The van der Waals surface area contributed by atoms with Gasteiger partial charge < -0.3 is 4.74 Å². The van der Waals surface area contributed by atoms with Gasteiger partial charge in [-0.3, -0.25) is 4.79 Å². The first-order valence-corrected chi connectivity index (χ1v) is 6.15. The van der Waals surface area contributed by atoms with Crippen LogP contribution in [0.15, 0.2) is 36.5 Å². The Kier molecular flexibility index (Phi) is 4.23. The molecular formula is C15H16N2O2. The number of rotatable bonds is 4. The Hall–Kier alpha value is -2.23. The number of ether oxygens (including phenoxy) is 1. The maximum Gasteiger partial charge on any atom is 0.305 e. The molecule has 0 amide bonds. The van der Waals surface area contributed by atoms with Crippen molar-refractivity contribution in [2.75, 3.05) is 7.11 Å². The summed E-state index contributed by atoms with van der Waals surface area (Å²) in [7, 11) is 1.38. The second-order valence-electron chi connectivity index (χ2n) is 4.30. The minimum Gasteiger partial charge on any atom is -0.469 e. The SMILES string of the molecule is COC(=O)CCc1nccc(-c2cccc(C)c2)n1. The van der Waals surface area contributed by atoms with E-state index < -0.39 is 0 Å². The van der Waals surface area contributed by atoms with Crippen molar-refractivity contribution in [3.8, 4) is 11.3 Å². The molecule has 98 valence electrons. The predicted molar refractivity (Wildman–Crippen MR) is 72.5 cm³/mol. The summed E-state index contributed by atoms with van der Waals surface area (Å²) in [6.45, 7) is 2.04. The van der Waals surface area contributed by atoms with E-state index in [9.17, 15) is 4.79 Å². The fourth-order valence-corrected chi connectivity index (χ4v) is 1.80. The number of aromatic nitrogens is 2. The standard InChI is InChI=1S/C15H16N2O2/c1-11-4-3-5-12(10-11)13-8-9-16-14(17-13)6-7-15(18)19-2/h3-5,8-10H,6-7H2,1-2H3. The van der Waals surface area contributed by atoms with Gasteiger partial charge in [-0.25, -0.2) is 9.97 Å². The van der Waals surface area contributed by atoms with Crippen molar-refractivity contribution in [1.82, 2.24) is 9.97 Å². The summed E-state index contributed by atoms with van der Waals surface area (Å²) in [5.74, 6) is 0.411. The van der Waals surface area contributed by atoms with Crippen LogP contribution < -0.4 is 0 Å². The molecule has 1 aromatic carbocycles. The van der Waals surface area contributed by atoms with Gasteiger partial charge in [-0.2, -0.15) is 0 Å². The van der Waals surface area contributed by atoms with Crippen LogP contribution in [0.2, 0.25) is 0 Å². The Labute approximate surface area is 112 Å². The van der Waals surface area contributed by atoms with Crippen LogP contribution in [0.4, 0.5) is 0 Å². The number of carbonyl (C=O) groups excluding carboxylic acids is 1. The van der Waals surface area contributed by atoms with E-state index in [1.165, 1.54) is 12.7 Å². The predicted octanol–water partition coefficient (Wildman–Crippen LogP) is 2.56. The van der Waals surface area contributed by atoms with Gasteiger partial charge in [0.15, 0.2) is 0 Å². The highest BCUT2D eigenvalue weighted by molar-refractivity contribution is 5.69. The molecule has 1 aromatic heterocycles. The van der Waals surface area contributed by atoms with Crippen molar-refractivity contribution in [3.63, 3.8) is 0 Å². The minimum atomic E-state index is -0.246. The van der Waals surface area contributed by atoms with Gasteiger partial charge in [0.05, 0.1) is 19.2 Å². The molecule has 0 fully saturated rings. The summed E-state index contributed by atoms with van der Waals surface area (Å²) in [5.41, 5.74) is 3.12. The molecule has 4 nitrogen and oxygen atoms in total. The van der Waals surface area contributed by atoms with Crippen molar-refractivity contribution in [2.24, 2.45) is 0 Å². The third-order valence-corrected chi connectivity index (χ3v) is 2.80. The summed E-state index contributed by atoms with van der Waals surface area (Å²) < 4.78 is 4.61. The van der Waals surface area contributed by atoms with Gasteiger partial charge in [-0.05, 0) is 19.1 Å². The third-order valence-electron chi connectivity index (χ3n) is 2.80. The van der Waals surface area contributed by atoms with Crippen molar-refractivity contribution in [1.29, 1.82) is 0 Å². The highest BCUT2D eigenvalue weighted by Crippen LogP contribution is 2.17. The molecular weight excluding hydrogens is 240 g/mol. The van der Waals surface area contributed by atoms with Gasteiger partial charge in [0.25, 0.3) is 0 Å². The van der Waals surface area contributed by atoms with E-state index in [2.05, 4.69) is 20.8 Å². The van der Waals surface area contributed by atoms with Gasteiger partial charge in [-0.15, -0.1) is 0 Å². The highest BCUT2D eigenvalue weighted by atomic mass is 16.5. The molecule has 4 heteroatoms. The average Bonchev–Trinajstić information content (AvgIpc) is 2.45. The first kappa shape index (κ1) is 13.2. The van der Waals surface area contributed by atoms with Crippen LogP contribution in [0.25, 0.3) is 11.3 Å². The number of esters is 1.